The maximum absolute atomic E-state index is 12.6. The Bertz CT molecular complexity index is 699. The van der Waals surface area contributed by atoms with Crippen molar-refractivity contribution >= 4 is 22.9 Å². The first kappa shape index (κ1) is 14.3. The molecule has 0 saturated carbocycles. The Hall–Kier alpha value is -1.62. The van der Waals surface area contributed by atoms with Crippen LogP contribution in [0, 0.1) is 19.8 Å². The molecule has 21 heavy (non-hydrogen) atoms. The van der Waals surface area contributed by atoms with E-state index in [1.54, 1.807) is 16.0 Å². The zero-order valence-electron chi connectivity index (χ0n) is 13.0. The third-order valence-corrected chi connectivity index (χ3v) is 5.45. The number of carbonyl (C=O) groups excluding carboxylic acids is 1. The summed E-state index contributed by atoms with van der Waals surface area (Å²) in [6, 6.07) is 0. The average molecular weight is 303 g/mol. The first-order chi connectivity index (χ1) is 9.97. The van der Waals surface area contributed by atoms with Gasteiger partial charge in [0.05, 0.1) is 22.6 Å². The molecule has 4 nitrogen and oxygen atoms in total. The molecule has 0 spiro atoms. The van der Waals surface area contributed by atoms with Gasteiger partial charge in [0, 0.05) is 17.3 Å². The van der Waals surface area contributed by atoms with Crippen LogP contribution < -0.4 is 5.32 Å². The predicted octanol–water partition coefficient (Wildman–Crippen LogP) is 3.48. The Morgan fingerprint density at radius 2 is 2.24 bits per heavy atom. The molecule has 1 amide bonds. The Labute approximate surface area is 129 Å². The second-order valence-corrected chi connectivity index (χ2v) is 6.99. The fourth-order valence-corrected chi connectivity index (χ4v) is 4.25. The van der Waals surface area contributed by atoms with Crippen molar-refractivity contribution in [3.8, 4) is 0 Å². The van der Waals surface area contributed by atoms with Crippen molar-refractivity contribution in [1.82, 2.24) is 9.78 Å². The van der Waals surface area contributed by atoms with Crippen LogP contribution in [0.5, 0.6) is 0 Å². The molecule has 0 fully saturated rings. The minimum atomic E-state index is 0.00116. The minimum absolute atomic E-state index is 0.00116. The third-order valence-electron chi connectivity index (χ3n) is 4.39. The van der Waals surface area contributed by atoms with Crippen molar-refractivity contribution < 1.29 is 4.79 Å². The van der Waals surface area contributed by atoms with Crippen LogP contribution in [-0.4, -0.2) is 15.7 Å². The first-order valence-corrected chi connectivity index (χ1v) is 8.26. The Balaban J connectivity index is 1.87. The lowest BCUT2D eigenvalue weighted by molar-refractivity contribution is 0.102. The lowest BCUT2D eigenvalue weighted by atomic mass is 9.88. The van der Waals surface area contributed by atoms with Crippen LogP contribution in [0.15, 0.2) is 5.38 Å². The first-order valence-electron chi connectivity index (χ1n) is 7.38. The summed E-state index contributed by atoms with van der Waals surface area (Å²) in [7, 11) is 1.89. The summed E-state index contributed by atoms with van der Waals surface area (Å²) in [5.41, 5.74) is 4.80. The van der Waals surface area contributed by atoms with Crippen molar-refractivity contribution in [2.45, 2.75) is 40.0 Å². The van der Waals surface area contributed by atoms with Crippen LogP contribution in [0.3, 0.4) is 0 Å². The Morgan fingerprint density at radius 3 is 2.90 bits per heavy atom. The van der Waals surface area contributed by atoms with Gasteiger partial charge >= 0.3 is 0 Å². The molecule has 0 bridgehead atoms. The summed E-state index contributed by atoms with van der Waals surface area (Å²) < 4.78 is 1.80. The standard InChI is InChI=1S/C16H21N3OS/c1-9-5-6-12-13(8-21-14(12)7-9)16(20)17-15-10(2)18-19(4)11(15)3/h8-9H,5-7H2,1-4H3,(H,17,20)/t9-/m0/s1. The largest absolute Gasteiger partial charge is 0.319 e. The van der Waals surface area contributed by atoms with E-state index in [2.05, 4.69) is 17.3 Å². The number of fused-ring (bicyclic) bond motifs is 1. The second kappa shape index (κ2) is 5.30. The number of aryl methyl sites for hydroxylation is 2. The van der Waals surface area contributed by atoms with E-state index in [1.165, 1.54) is 16.9 Å². The number of rotatable bonds is 2. The fraction of sp³-hybridized carbons (Fsp3) is 0.500. The second-order valence-electron chi connectivity index (χ2n) is 6.02. The van der Waals surface area contributed by atoms with Crippen LogP contribution in [0.4, 0.5) is 5.69 Å². The van der Waals surface area contributed by atoms with E-state index >= 15 is 0 Å². The fourth-order valence-electron chi connectivity index (χ4n) is 3.00. The number of hydrogen-bond acceptors (Lipinski definition) is 3. The van der Waals surface area contributed by atoms with Crippen LogP contribution in [0.25, 0.3) is 0 Å². The molecule has 1 atom stereocenters. The number of nitrogens with one attached hydrogen (secondary N) is 1. The van der Waals surface area contributed by atoms with E-state index in [4.69, 9.17) is 0 Å². The minimum Gasteiger partial charge on any atom is -0.319 e. The molecule has 0 aromatic carbocycles. The number of hydrogen-bond donors (Lipinski definition) is 1. The molecular formula is C16H21N3OS. The van der Waals surface area contributed by atoms with Crippen molar-refractivity contribution in [2.75, 3.05) is 5.32 Å². The summed E-state index contributed by atoms with van der Waals surface area (Å²) in [6.07, 6.45) is 3.31. The van der Waals surface area contributed by atoms with Crippen molar-refractivity contribution in [2.24, 2.45) is 13.0 Å². The van der Waals surface area contributed by atoms with E-state index in [9.17, 15) is 4.79 Å². The third kappa shape index (κ3) is 2.50. The van der Waals surface area contributed by atoms with Crippen LogP contribution >= 0.6 is 11.3 Å². The van der Waals surface area contributed by atoms with Gasteiger partial charge in [-0.3, -0.25) is 9.48 Å². The molecule has 2 heterocycles. The Morgan fingerprint density at radius 1 is 1.48 bits per heavy atom. The number of aromatic nitrogens is 2. The van der Waals surface area contributed by atoms with Crippen molar-refractivity contribution in [1.29, 1.82) is 0 Å². The van der Waals surface area contributed by atoms with Gasteiger partial charge in [0.1, 0.15) is 0 Å². The number of carbonyl (C=O) groups is 1. The SMILES string of the molecule is Cc1nn(C)c(C)c1NC(=O)c1csc2c1CC[C@H](C)C2. The highest BCUT2D eigenvalue weighted by molar-refractivity contribution is 7.10. The van der Waals surface area contributed by atoms with E-state index in [0.717, 1.165) is 41.4 Å². The highest BCUT2D eigenvalue weighted by Crippen LogP contribution is 2.33. The van der Waals surface area contributed by atoms with Gasteiger partial charge in [-0.1, -0.05) is 6.92 Å². The van der Waals surface area contributed by atoms with Crippen molar-refractivity contribution in [3.63, 3.8) is 0 Å². The number of amides is 1. The van der Waals surface area contributed by atoms with Gasteiger partial charge in [-0.2, -0.15) is 5.10 Å². The van der Waals surface area contributed by atoms with Crippen LogP contribution in [-0.2, 0) is 19.9 Å². The van der Waals surface area contributed by atoms with Crippen LogP contribution in [0.2, 0.25) is 0 Å². The molecule has 3 rings (SSSR count). The van der Waals surface area contributed by atoms with E-state index in [0.29, 0.717) is 0 Å². The molecule has 2 aromatic rings. The van der Waals surface area contributed by atoms with Gasteiger partial charge in [-0.05, 0) is 44.6 Å². The van der Waals surface area contributed by atoms with Gasteiger partial charge in [0.25, 0.3) is 5.91 Å². The molecular weight excluding hydrogens is 282 g/mol. The number of anilines is 1. The van der Waals surface area contributed by atoms with E-state index < -0.39 is 0 Å². The number of thiophene rings is 1. The molecule has 2 aromatic heterocycles. The van der Waals surface area contributed by atoms with E-state index in [-0.39, 0.29) is 5.91 Å². The molecule has 0 aliphatic heterocycles. The number of nitrogens with zero attached hydrogens (tertiary/aromatic N) is 2. The molecule has 1 aliphatic carbocycles. The van der Waals surface area contributed by atoms with E-state index in [1.807, 2.05) is 26.3 Å². The molecule has 112 valence electrons. The maximum Gasteiger partial charge on any atom is 0.256 e. The molecule has 0 unspecified atom stereocenters. The lowest BCUT2D eigenvalue weighted by Gasteiger charge is -2.18. The lowest BCUT2D eigenvalue weighted by Crippen LogP contribution is -2.17. The smallest absolute Gasteiger partial charge is 0.256 e. The van der Waals surface area contributed by atoms with Gasteiger partial charge in [0.2, 0.25) is 0 Å². The average Bonchev–Trinajstić information content (AvgIpc) is 2.95. The summed E-state index contributed by atoms with van der Waals surface area (Å²) in [4.78, 5) is 14.0. The van der Waals surface area contributed by atoms with Gasteiger partial charge < -0.3 is 5.32 Å². The molecule has 1 N–H and O–H groups in total. The van der Waals surface area contributed by atoms with Gasteiger partial charge in [-0.15, -0.1) is 11.3 Å². The Kier molecular flexibility index (Phi) is 3.61. The quantitative estimate of drug-likeness (QED) is 0.923. The summed E-state index contributed by atoms with van der Waals surface area (Å²) in [6.45, 7) is 6.18. The highest BCUT2D eigenvalue weighted by atomic mass is 32.1. The zero-order valence-corrected chi connectivity index (χ0v) is 13.8. The zero-order chi connectivity index (χ0) is 15.1. The molecule has 0 radical (unpaired) electrons. The summed E-state index contributed by atoms with van der Waals surface area (Å²) in [5, 5.41) is 9.41. The van der Waals surface area contributed by atoms with Gasteiger partial charge in [0.15, 0.2) is 0 Å². The molecule has 5 heteroatoms. The maximum atomic E-state index is 12.6. The summed E-state index contributed by atoms with van der Waals surface area (Å²) in [5.74, 6) is 0.733. The highest BCUT2D eigenvalue weighted by Gasteiger charge is 2.24. The van der Waals surface area contributed by atoms with Gasteiger partial charge in [-0.25, -0.2) is 0 Å². The predicted molar refractivity (Wildman–Crippen MR) is 86.1 cm³/mol. The monoisotopic (exact) mass is 303 g/mol. The van der Waals surface area contributed by atoms with Crippen LogP contribution in [0.1, 0.15) is 45.5 Å². The molecule has 0 saturated heterocycles. The topological polar surface area (TPSA) is 46.9 Å². The van der Waals surface area contributed by atoms with Crippen molar-refractivity contribution in [3.05, 3.63) is 32.8 Å². The molecule has 1 aliphatic rings. The normalized spacial score (nSPS) is 17.6. The summed E-state index contributed by atoms with van der Waals surface area (Å²) >= 11 is 1.73.